The molecule has 0 unspecified atom stereocenters. The molecule has 0 spiro atoms. The molecule has 0 N–H and O–H groups in total. The van der Waals surface area contributed by atoms with Crippen molar-refractivity contribution >= 4 is 0 Å². The Morgan fingerprint density at radius 1 is 0.962 bits per heavy atom. The standard InChI is InChI=1S/C23H37N3/c1-3-5-7-9-11-20-13-15-23(19-24,16-14-20)22-25-17-21(18-26-22)12-10-8-6-4-2/h17-18,20H,3-16H2,1-2H3/t20-,23+. The highest BCUT2D eigenvalue weighted by molar-refractivity contribution is 5.22. The predicted molar refractivity (Wildman–Crippen MR) is 108 cm³/mol. The van der Waals surface area contributed by atoms with E-state index in [2.05, 4.69) is 29.9 Å². The second-order valence-corrected chi connectivity index (χ2v) is 8.21. The highest BCUT2D eigenvalue weighted by Gasteiger charge is 2.39. The third kappa shape index (κ3) is 6.08. The van der Waals surface area contributed by atoms with Crippen molar-refractivity contribution in [1.29, 1.82) is 5.26 Å². The zero-order valence-corrected chi connectivity index (χ0v) is 17.0. The molecule has 2 rings (SSSR count). The third-order valence-electron chi connectivity index (χ3n) is 6.09. The predicted octanol–water partition coefficient (Wildman–Crippen LogP) is 6.52. The van der Waals surface area contributed by atoms with Gasteiger partial charge in [-0.3, -0.25) is 0 Å². The summed E-state index contributed by atoms with van der Waals surface area (Å²) in [6.45, 7) is 4.50. The van der Waals surface area contributed by atoms with Crippen molar-refractivity contribution in [1.82, 2.24) is 9.97 Å². The normalized spacial score (nSPS) is 22.9. The van der Waals surface area contributed by atoms with E-state index < -0.39 is 5.41 Å². The summed E-state index contributed by atoms with van der Waals surface area (Å²) in [6.07, 6.45) is 20.9. The number of hydrogen-bond acceptors (Lipinski definition) is 3. The van der Waals surface area contributed by atoms with E-state index in [9.17, 15) is 5.26 Å². The topological polar surface area (TPSA) is 49.6 Å². The van der Waals surface area contributed by atoms with Gasteiger partial charge in [0.1, 0.15) is 11.2 Å². The quantitative estimate of drug-likeness (QED) is 0.424. The fraction of sp³-hybridized carbons (Fsp3) is 0.783. The first kappa shape index (κ1) is 20.9. The van der Waals surface area contributed by atoms with Gasteiger partial charge in [0.15, 0.2) is 0 Å². The van der Waals surface area contributed by atoms with Crippen molar-refractivity contribution in [2.24, 2.45) is 5.92 Å². The van der Waals surface area contributed by atoms with Crippen molar-refractivity contribution in [2.45, 2.75) is 109 Å². The minimum atomic E-state index is -0.444. The van der Waals surface area contributed by atoms with Gasteiger partial charge in [0, 0.05) is 12.4 Å². The summed E-state index contributed by atoms with van der Waals surface area (Å²) in [5.74, 6) is 1.56. The van der Waals surface area contributed by atoms with Gasteiger partial charge in [-0.25, -0.2) is 9.97 Å². The summed E-state index contributed by atoms with van der Waals surface area (Å²) in [5.41, 5.74) is 0.767. The van der Waals surface area contributed by atoms with Crippen LogP contribution < -0.4 is 0 Å². The Kier molecular flexibility index (Phi) is 9.09. The van der Waals surface area contributed by atoms with E-state index in [1.807, 2.05) is 12.4 Å². The van der Waals surface area contributed by atoms with E-state index in [1.54, 1.807) is 0 Å². The fourth-order valence-corrected chi connectivity index (χ4v) is 4.19. The van der Waals surface area contributed by atoms with Crippen LogP contribution in [0.15, 0.2) is 12.4 Å². The van der Waals surface area contributed by atoms with E-state index in [4.69, 9.17) is 0 Å². The fourth-order valence-electron chi connectivity index (χ4n) is 4.19. The summed E-state index contributed by atoms with van der Waals surface area (Å²) in [5, 5.41) is 9.87. The zero-order chi connectivity index (χ0) is 18.7. The van der Waals surface area contributed by atoms with Gasteiger partial charge in [0.2, 0.25) is 0 Å². The Hall–Kier alpha value is -1.43. The summed E-state index contributed by atoms with van der Waals surface area (Å²) in [7, 11) is 0. The lowest BCUT2D eigenvalue weighted by Crippen LogP contribution is -2.32. The molecule has 3 heteroatoms. The van der Waals surface area contributed by atoms with Crippen molar-refractivity contribution in [3.8, 4) is 6.07 Å². The summed E-state index contributed by atoms with van der Waals surface area (Å²) in [6, 6.07) is 2.59. The minimum Gasteiger partial charge on any atom is -0.239 e. The maximum absolute atomic E-state index is 9.87. The van der Waals surface area contributed by atoms with E-state index in [1.165, 1.54) is 63.4 Å². The number of unbranched alkanes of at least 4 members (excludes halogenated alkanes) is 6. The molecule has 0 saturated heterocycles. The molecule has 1 fully saturated rings. The number of nitrogens with zero attached hydrogens (tertiary/aromatic N) is 3. The van der Waals surface area contributed by atoms with Crippen molar-refractivity contribution in [2.75, 3.05) is 0 Å². The lowest BCUT2D eigenvalue weighted by atomic mass is 9.69. The molecule has 1 heterocycles. The first-order chi connectivity index (χ1) is 12.7. The number of aryl methyl sites for hydroxylation is 1. The van der Waals surface area contributed by atoms with E-state index in [0.717, 1.165) is 43.8 Å². The molecule has 1 saturated carbocycles. The number of hydrogen-bond donors (Lipinski definition) is 0. The first-order valence-electron chi connectivity index (χ1n) is 11.0. The molecule has 26 heavy (non-hydrogen) atoms. The Morgan fingerprint density at radius 3 is 2.15 bits per heavy atom. The molecule has 0 aromatic carbocycles. The minimum absolute atomic E-state index is 0.444. The third-order valence-corrected chi connectivity index (χ3v) is 6.09. The van der Waals surface area contributed by atoms with Gasteiger partial charge in [-0.1, -0.05) is 65.2 Å². The van der Waals surface area contributed by atoms with Gasteiger partial charge < -0.3 is 0 Å². The van der Waals surface area contributed by atoms with Crippen LogP contribution in [-0.4, -0.2) is 9.97 Å². The van der Waals surface area contributed by atoms with E-state index >= 15 is 0 Å². The second kappa shape index (κ2) is 11.3. The van der Waals surface area contributed by atoms with Gasteiger partial charge in [-0.2, -0.15) is 5.26 Å². The van der Waals surface area contributed by atoms with Crippen LogP contribution in [-0.2, 0) is 11.8 Å². The SMILES string of the molecule is CCCCCCc1cnc([C@]2(C#N)CC[C@H](CCCCCC)CC2)nc1. The van der Waals surface area contributed by atoms with Crippen LogP contribution in [0, 0.1) is 17.2 Å². The number of rotatable bonds is 11. The molecule has 3 nitrogen and oxygen atoms in total. The monoisotopic (exact) mass is 355 g/mol. The van der Waals surface area contributed by atoms with Crippen molar-refractivity contribution in [3.63, 3.8) is 0 Å². The molecular weight excluding hydrogens is 318 g/mol. The smallest absolute Gasteiger partial charge is 0.148 e. The molecular formula is C23H37N3. The van der Waals surface area contributed by atoms with Gasteiger partial charge in [0.25, 0.3) is 0 Å². The lowest BCUT2D eigenvalue weighted by Gasteiger charge is -2.33. The van der Waals surface area contributed by atoms with Gasteiger partial charge in [0.05, 0.1) is 6.07 Å². The second-order valence-electron chi connectivity index (χ2n) is 8.21. The summed E-state index contributed by atoms with van der Waals surface area (Å²) >= 11 is 0. The van der Waals surface area contributed by atoms with Crippen LogP contribution in [0.4, 0.5) is 0 Å². The van der Waals surface area contributed by atoms with Crippen LogP contribution in [0.5, 0.6) is 0 Å². The average molecular weight is 356 g/mol. The van der Waals surface area contributed by atoms with Crippen molar-refractivity contribution < 1.29 is 0 Å². The molecule has 1 aliphatic carbocycles. The Bertz CT molecular complexity index is 536. The molecule has 1 aliphatic rings. The summed E-state index contributed by atoms with van der Waals surface area (Å²) < 4.78 is 0. The maximum atomic E-state index is 9.87. The van der Waals surface area contributed by atoms with E-state index in [-0.39, 0.29) is 0 Å². The maximum Gasteiger partial charge on any atom is 0.148 e. The summed E-state index contributed by atoms with van der Waals surface area (Å²) in [4.78, 5) is 9.24. The van der Waals surface area contributed by atoms with Gasteiger partial charge in [-0.05, 0) is 50.0 Å². The highest BCUT2D eigenvalue weighted by Crippen LogP contribution is 2.41. The van der Waals surface area contributed by atoms with Crippen molar-refractivity contribution in [3.05, 3.63) is 23.8 Å². The lowest BCUT2D eigenvalue weighted by molar-refractivity contribution is 0.253. The van der Waals surface area contributed by atoms with Gasteiger partial charge >= 0.3 is 0 Å². The molecule has 0 bridgehead atoms. The molecule has 1 aromatic heterocycles. The van der Waals surface area contributed by atoms with Crippen LogP contribution >= 0.6 is 0 Å². The van der Waals surface area contributed by atoms with Crippen LogP contribution in [0.3, 0.4) is 0 Å². The molecule has 0 atom stereocenters. The first-order valence-corrected chi connectivity index (χ1v) is 11.0. The molecule has 144 valence electrons. The van der Waals surface area contributed by atoms with Gasteiger partial charge in [-0.15, -0.1) is 0 Å². The molecule has 0 radical (unpaired) electrons. The molecule has 0 aliphatic heterocycles. The van der Waals surface area contributed by atoms with Crippen LogP contribution in [0.25, 0.3) is 0 Å². The number of aromatic nitrogens is 2. The van der Waals surface area contributed by atoms with Crippen LogP contribution in [0.1, 0.15) is 109 Å². The average Bonchev–Trinajstić information content (AvgIpc) is 2.70. The van der Waals surface area contributed by atoms with Crippen LogP contribution in [0.2, 0.25) is 0 Å². The van der Waals surface area contributed by atoms with E-state index in [0.29, 0.717) is 0 Å². The Morgan fingerprint density at radius 2 is 1.58 bits per heavy atom. The highest BCUT2D eigenvalue weighted by atomic mass is 14.9. The Balaban J connectivity index is 1.85. The number of nitriles is 1. The molecule has 0 amide bonds. The molecule has 1 aromatic rings. The zero-order valence-electron chi connectivity index (χ0n) is 17.0. The Labute approximate surface area is 160 Å². The largest absolute Gasteiger partial charge is 0.239 e.